The van der Waals surface area contributed by atoms with Gasteiger partial charge in [-0.05, 0) is 19.1 Å². The molecule has 8 nitrogen and oxygen atoms in total. The van der Waals surface area contributed by atoms with Gasteiger partial charge in [-0.1, -0.05) is 18.2 Å². The van der Waals surface area contributed by atoms with Crippen LogP contribution >= 0.6 is 11.8 Å². The van der Waals surface area contributed by atoms with Crippen LogP contribution < -0.4 is 11.3 Å². The SMILES string of the molecule is Cc1[nH]n2[nH]n(Cl)n(-c3ccccc3)c-2nc1NN. The Morgan fingerprint density at radius 2 is 2.05 bits per heavy atom. The first-order valence-electron chi connectivity index (χ1n) is 5.61. The summed E-state index contributed by atoms with van der Waals surface area (Å²) in [6.45, 7) is 1.85. The maximum Gasteiger partial charge on any atom is 0.270 e. The molecular weight excluding hydrogens is 268 g/mol. The Kier molecular flexibility index (Phi) is 2.73. The van der Waals surface area contributed by atoms with Gasteiger partial charge in [0.25, 0.3) is 5.95 Å². The van der Waals surface area contributed by atoms with Crippen molar-refractivity contribution < 1.29 is 0 Å². The number of aromatic amines is 2. The van der Waals surface area contributed by atoms with Crippen molar-refractivity contribution >= 4 is 17.6 Å². The highest BCUT2D eigenvalue weighted by molar-refractivity contribution is 6.14. The summed E-state index contributed by atoms with van der Waals surface area (Å²) in [7, 11) is 0. The lowest BCUT2D eigenvalue weighted by molar-refractivity contribution is 0.640. The highest BCUT2D eigenvalue weighted by Crippen LogP contribution is 2.17. The van der Waals surface area contributed by atoms with E-state index in [0.29, 0.717) is 11.8 Å². The van der Waals surface area contributed by atoms with Gasteiger partial charge >= 0.3 is 0 Å². The normalized spacial score (nSPS) is 10.9. The quantitative estimate of drug-likeness (QED) is 0.420. The third-order valence-corrected chi connectivity index (χ3v) is 2.96. The number of halogens is 1. The van der Waals surface area contributed by atoms with E-state index in [1.807, 2.05) is 37.3 Å². The van der Waals surface area contributed by atoms with Crippen molar-refractivity contribution in [2.24, 2.45) is 5.84 Å². The zero-order valence-electron chi connectivity index (χ0n) is 10.1. The molecule has 0 radical (unpaired) electrons. The van der Waals surface area contributed by atoms with Crippen LogP contribution in [0.4, 0.5) is 5.82 Å². The number of hydrogen-bond acceptors (Lipinski definition) is 3. The Morgan fingerprint density at radius 1 is 1.32 bits per heavy atom. The van der Waals surface area contributed by atoms with E-state index in [2.05, 4.69) is 20.7 Å². The lowest BCUT2D eigenvalue weighted by Crippen LogP contribution is -2.17. The largest absolute Gasteiger partial charge is 0.307 e. The summed E-state index contributed by atoms with van der Waals surface area (Å²) in [5.41, 5.74) is 4.18. The molecule has 5 N–H and O–H groups in total. The van der Waals surface area contributed by atoms with Crippen LogP contribution in [0.2, 0.25) is 0 Å². The molecular formula is C10H13ClN8. The number of aromatic nitrogens is 6. The van der Waals surface area contributed by atoms with Crippen molar-refractivity contribution in [3.05, 3.63) is 36.0 Å². The van der Waals surface area contributed by atoms with Gasteiger partial charge in [-0.25, -0.2) is 5.84 Å². The molecule has 0 atom stereocenters. The number of tetrazole rings is 1. The van der Waals surface area contributed by atoms with Crippen molar-refractivity contribution in [2.45, 2.75) is 6.92 Å². The first-order chi connectivity index (χ1) is 9.20. The third kappa shape index (κ3) is 1.86. The van der Waals surface area contributed by atoms with Crippen molar-refractivity contribution in [1.82, 2.24) is 29.1 Å². The van der Waals surface area contributed by atoms with Crippen LogP contribution in [0.25, 0.3) is 11.6 Å². The van der Waals surface area contributed by atoms with Crippen LogP contribution in [0.5, 0.6) is 0 Å². The molecule has 0 saturated carbocycles. The summed E-state index contributed by atoms with van der Waals surface area (Å²) in [6, 6.07) is 9.61. The molecule has 0 bridgehead atoms. The molecule has 0 unspecified atom stereocenters. The molecule has 0 amide bonds. The van der Waals surface area contributed by atoms with E-state index in [9.17, 15) is 0 Å². The zero-order valence-corrected chi connectivity index (χ0v) is 10.9. The molecule has 0 spiro atoms. The van der Waals surface area contributed by atoms with Crippen molar-refractivity contribution in [2.75, 3.05) is 5.43 Å². The fourth-order valence-electron chi connectivity index (χ4n) is 1.85. The number of aryl methyl sites for hydroxylation is 1. The number of nitrogen functional groups attached to an aromatic ring is 1. The second kappa shape index (κ2) is 4.41. The van der Waals surface area contributed by atoms with E-state index < -0.39 is 0 Å². The van der Waals surface area contributed by atoms with E-state index in [1.54, 1.807) is 9.48 Å². The highest BCUT2D eigenvalue weighted by atomic mass is 35.5. The number of anilines is 1. The van der Waals surface area contributed by atoms with E-state index in [-0.39, 0.29) is 0 Å². The Labute approximate surface area is 113 Å². The molecule has 0 aliphatic carbocycles. The minimum Gasteiger partial charge on any atom is -0.307 e. The second-order valence-corrected chi connectivity index (χ2v) is 4.30. The monoisotopic (exact) mass is 280 g/mol. The summed E-state index contributed by atoms with van der Waals surface area (Å²) >= 11 is 6.14. The Hall–Kier alpha value is -2.32. The van der Waals surface area contributed by atoms with Gasteiger partial charge in [0, 0.05) is 0 Å². The minimum absolute atomic E-state index is 0.543. The maximum absolute atomic E-state index is 6.14. The van der Waals surface area contributed by atoms with E-state index in [4.69, 9.17) is 17.6 Å². The molecule has 2 aliphatic heterocycles. The molecule has 1 aromatic rings. The number of nitrogens with one attached hydrogen (secondary N) is 3. The number of benzene rings is 1. The van der Waals surface area contributed by atoms with Crippen molar-refractivity contribution in [3.8, 4) is 11.6 Å². The molecule has 0 saturated heterocycles. The third-order valence-electron chi connectivity index (χ3n) is 2.73. The van der Waals surface area contributed by atoms with Crippen LogP contribution in [-0.2, 0) is 0 Å². The van der Waals surface area contributed by atoms with Gasteiger partial charge in [0.1, 0.15) is 0 Å². The topological polar surface area (TPSA) is 97.3 Å². The van der Waals surface area contributed by atoms with Crippen LogP contribution in [0.15, 0.2) is 30.3 Å². The Balaban J connectivity index is 2.29. The van der Waals surface area contributed by atoms with Crippen LogP contribution in [0.3, 0.4) is 0 Å². The van der Waals surface area contributed by atoms with E-state index >= 15 is 0 Å². The number of rotatable bonds is 2. The first-order valence-corrected chi connectivity index (χ1v) is 5.95. The number of nitrogens with two attached hydrogens (primary N) is 1. The van der Waals surface area contributed by atoms with Gasteiger partial charge in [0.15, 0.2) is 5.82 Å². The van der Waals surface area contributed by atoms with Crippen molar-refractivity contribution in [3.63, 3.8) is 0 Å². The fourth-order valence-corrected chi connectivity index (χ4v) is 2.08. The number of hydrazine groups is 1. The van der Waals surface area contributed by atoms with Crippen LogP contribution in [0.1, 0.15) is 5.69 Å². The molecule has 19 heavy (non-hydrogen) atoms. The molecule has 2 aliphatic rings. The number of para-hydroxylation sites is 1. The standard InChI is InChI=1S/C10H13ClN8/c1-7-9(14-12)13-10-17(8-5-3-2-4-6-8)19(11)16-18(10)15-7/h2-6,14-16H,12H2,1H3. The molecule has 9 heteroatoms. The van der Waals surface area contributed by atoms with Crippen LogP contribution in [-0.4, -0.2) is 29.1 Å². The smallest absolute Gasteiger partial charge is 0.270 e. The first kappa shape index (κ1) is 11.8. The number of nitrogens with zero attached hydrogens (tertiary/aromatic N) is 4. The predicted molar refractivity (Wildman–Crippen MR) is 72.2 cm³/mol. The number of H-pyrrole nitrogens is 2. The summed E-state index contributed by atoms with van der Waals surface area (Å²) in [5, 5.41) is 5.96. The average molecular weight is 281 g/mol. The average Bonchev–Trinajstić information content (AvgIpc) is 2.73. The minimum atomic E-state index is 0.543. The van der Waals surface area contributed by atoms with E-state index in [0.717, 1.165) is 11.4 Å². The maximum atomic E-state index is 6.14. The molecule has 0 fully saturated rings. The lowest BCUT2D eigenvalue weighted by Gasteiger charge is -2.10. The Morgan fingerprint density at radius 3 is 2.74 bits per heavy atom. The lowest BCUT2D eigenvalue weighted by atomic mass is 10.3. The summed E-state index contributed by atoms with van der Waals surface area (Å²) in [4.78, 5) is 6.01. The van der Waals surface area contributed by atoms with E-state index in [1.165, 1.54) is 4.32 Å². The van der Waals surface area contributed by atoms with Gasteiger partial charge in [-0.2, -0.15) is 14.9 Å². The van der Waals surface area contributed by atoms with Crippen LogP contribution in [0, 0.1) is 6.92 Å². The summed E-state index contributed by atoms with van der Waals surface area (Å²) in [6.07, 6.45) is 0. The number of hydrogen-bond donors (Lipinski definition) is 4. The van der Waals surface area contributed by atoms with Gasteiger partial charge in [-0.3, -0.25) is 5.10 Å². The fraction of sp³-hybridized carbons (Fsp3) is 0.100. The summed E-state index contributed by atoms with van der Waals surface area (Å²) < 4.78 is 2.99. The highest BCUT2D eigenvalue weighted by Gasteiger charge is 2.16. The number of fused-ring (bicyclic) bond motifs is 1. The van der Waals surface area contributed by atoms with Gasteiger partial charge in [0.05, 0.1) is 23.2 Å². The molecule has 2 heterocycles. The summed E-state index contributed by atoms with van der Waals surface area (Å²) in [5.74, 6) is 6.53. The van der Waals surface area contributed by atoms with Crippen molar-refractivity contribution in [1.29, 1.82) is 0 Å². The van der Waals surface area contributed by atoms with Gasteiger partial charge in [-0.15, -0.1) is 9.11 Å². The molecule has 3 rings (SSSR count). The second-order valence-electron chi connectivity index (χ2n) is 3.98. The molecule has 1 aromatic carbocycles. The van der Waals surface area contributed by atoms with Gasteiger partial charge < -0.3 is 5.43 Å². The zero-order chi connectivity index (χ0) is 13.4. The predicted octanol–water partition coefficient (Wildman–Crippen LogP) is 1.28. The Bertz CT molecular complexity index is 695. The molecule has 0 aromatic heterocycles. The van der Waals surface area contributed by atoms with Gasteiger partial charge in [0.2, 0.25) is 0 Å². The molecule has 100 valence electrons.